The van der Waals surface area contributed by atoms with Crippen molar-refractivity contribution < 1.29 is 19.4 Å². The largest absolute Gasteiger partial charge is 0.480 e. The smallest absolute Gasteiger partial charge is 0.329 e. The highest BCUT2D eigenvalue weighted by molar-refractivity contribution is 5.98. The molecule has 1 fully saturated rings. The van der Waals surface area contributed by atoms with Crippen LogP contribution in [0.5, 0.6) is 0 Å². The summed E-state index contributed by atoms with van der Waals surface area (Å²) < 4.78 is 5.03. The molecule has 0 heterocycles. The average Bonchev–Trinajstić information content (AvgIpc) is 2.89. The van der Waals surface area contributed by atoms with Crippen molar-refractivity contribution in [3.05, 3.63) is 35.4 Å². The number of carbonyl (C=O) groups is 2. The lowest BCUT2D eigenvalue weighted by molar-refractivity contribution is -0.144. The Morgan fingerprint density at radius 3 is 2.65 bits per heavy atom. The van der Waals surface area contributed by atoms with Gasteiger partial charge in [0.05, 0.1) is 6.61 Å². The number of carboxylic acids is 1. The second-order valence-electron chi connectivity index (χ2n) is 5.18. The van der Waals surface area contributed by atoms with Gasteiger partial charge in [0.25, 0.3) is 5.91 Å². The highest BCUT2D eigenvalue weighted by Crippen LogP contribution is 2.30. The van der Waals surface area contributed by atoms with Crippen molar-refractivity contribution in [2.75, 3.05) is 7.11 Å². The Morgan fingerprint density at radius 1 is 1.35 bits per heavy atom. The second-order valence-corrected chi connectivity index (χ2v) is 5.18. The third kappa shape index (κ3) is 2.99. The van der Waals surface area contributed by atoms with Crippen molar-refractivity contribution in [3.8, 4) is 0 Å². The van der Waals surface area contributed by atoms with Gasteiger partial charge in [0.1, 0.15) is 5.54 Å². The summed E-state index contributed by atoms with van der Waals surface area (Å²) in [6.07, 6.45) is 2.64. The molecule has 108 valence electrons. The number of nitrogens with one attached hydrogen (secondary N) is 1. The fourth-order valence-corrected chi connectivity index (χ4v) is 2.63. The van der Waals surface area contributed by atoms with Gasteiger partial charge in [0.15, 0.2) is 0 Å². The van der Waals surface area contributed by atoms with Crippen LogP contribution in [0.1, 0.15) is 41.6 Å². The van der Waals surface area contributed by atoms with Gasteiger partial charge in [-0.05, 0) is 30.5 Å². The number of hydrogen-bond donors (Lipinski definition) is 2. The molecule has 0 bridgehead atoms. The summed E-state index contributed by atoms with van der Waals surface area (Å²) in [6, 6.07) is 7.04. The summed E-state index contributed by atoms with van der Waals surface area (Å²) >= 11 is 0. The lowest BCUT2D eigenvalue weighted by atomic mass is 9.97. The lowest BCUT2D eigenvalue weighted by Crippen LogP contribution is -2.52. The molecule has 2 N–H and O–H groups in total. The van der Waals surface area contributed by atoms with Crippen LogP contribution in [-0.2, 0) is 16.1 Å². The van der Waals surface area contributed by atoms with Gasteiger partial charge in [-0.2, -0.15) is 0 Å². The molecule has 5 nitrogen and oxygen atoms in total. The normalized spacial score (nSPS) is 16.9. The summed E-state index contributed by atoms with van der Waals surface area (Å²) in [7, 11) is 1.59. The van der Waals surface area contributed by atoms with E-state index in [1.54, 1.807) is 25.3 Å². The number of aliphatic carboxylic acids is 1. The van der Waals surface area contributed by atoms with Crippen LogP contribution in [-0.4, -0.2) is 29.6 Å². The maximum Gasteiger partial charge on any atom is 0.329 e. The first-order valence-electron chi connectivity index (χ1n) is 6.71. The van der Waals surface area contributed by atoms with Crippen LogP contribution in [0.4, 0.5) is 0 Å². The van der Waals surface area contributed by atoms with E-state index in [4.69, 9.17) is 4.74 Å². The summed E-state index contributed by atoms with van der Waals surface area (Å²) in [5.74, 6) is -1.29. The number of hydrogen-bond acceptors (Lipinski definition) is 3. The standard InChI is InChI=1S/C15H19NO4/c1-20-10-11-5-4-6-12(9-11)13(17)16-15(14(18)19)7-2-3-8-15/h4-6,9H,2-3,7-8,10H2,1H3,(H,16,17)(H,18,19). The monoisotopic (exact) mass is 277 g/mol. The Morgan fingerprint density at radius 2 is 2.05 bits per heavy atom. The molecule has 0 aromatic heterocycles. The van der Waals surface area contributed by atoms with Crippen LogP contribution in [0, 0.1) is 0 Å². The molecular formula is C15H19NO4. The van der Waals surface area contributed by atoms with Gasteiger partial charge in [-0.15, -0.1) is 0 Å². The fraction of sp³-hybridized carbons (Fsp3) is 0.467. The average molecular weight is 277 g/mol. The first-order chi connectivity index (χ1) is 9.57. The highest BCUT2D eigenvalue weighted by Gasteiger charge is 2.42. The third-order valence-corrected chi connectivity index (χ3v) is 3.72. The zero-order valence-corrected chi connectivity index (χ0v) is 11.5. The quantitative estimate of drug-likeness (QED) is 0.862. The van der Waals surface area contributed by atoms with Crippen molar-refractivity contribution >= 4 is 11.9 Å². The summed E-state index contributed by atoms with van der Waals surface area (Å²) in [6.45, 7) is 0.422. The Labute approximate surface area is 117 Å². The zero-order valence-electron chi connectivity index (χ0n) is 11.5. The minimum Gasteiger partial charge on any atom is -0.480 e. The van der Waals surface area contributed by atoms with Gasteiger partial charge in [0, 0.05) is 12.7 Å². The van der Waals surface area contributed by atoms with Crippen molar-refractivity contribution in [2.45, 2.75) is 37.8 Å². The summed E-state index contributed by atoms with van der Waals surface area (Å²) in [5, 5.41) is 12.1. The number of amides is 1. The molecule has 1 aliphatic rings. The van der Waals surface area contributed by atoms with E-state index in [2.05, 4.69) is 5.32 Å². The number of carboxylic acid groups (broad SMARTS) is 1. The first-order valence-corrected chi connectivity index (χ1v) is 6.71. The van der Waals surface area contributed by atoms with Crippen molar-refractivity contribution in [1.82, 2.24) is 5.32 Å². The molecule has 0 saturated heterocycles. The molecule has 1 saturated carbocycles. The number of ether oxygens (including phenoxy) is 1. The van der Waals surface area contributed by atoms with Gasteiger partial charge >= 0.3 is 5.97 Å². The summed E-state index contributed by atoms with van der Waals surface area (Å²) in [4.78, 5) is 23.7. The molecule has 2 rings (SSSR count). The molecule has 1 amide bonds. The van der Waals surface area contributed by atoms with Crippen molar-refractivity contribution in [1.29, 1.82) is 0 Å². The molecule has 1 aliphatic carbocycles. The molecule has 5 heteroatoms. The number of carbonyl (C=O) groups excluding carboxylic acids is 1. The molecule has 0 spiro atoms. The summed E-state index contributed by atoms with van der Waals surface area (Å²) in [5.41, 5.74) is 0.247. The van der Waals surface area contributed by atoms with Crippen LogP contribution < -0.4 is 5.32 Å². The maximum absolute atomic E-state index is 12.3. The SMILES string of the molecule is COCc1cccc(C(=O)NC2(C(=O)O)CCCC2)c1. The highest BCUT2D eigenvalue weighted by atomic mass is 16.5. The van der Waals surface area contributed by atoms with Gasteiger partial charge in [0.2, 0.25) is 0 Å². The Balaban J connectivity index is 2.15. The van der Waals surface area contributed by atoms with Crippen molar-refractivity contribution in [3.63, 3.8) is 0 Å². The minimum absolute atomic E-state index is 0.341. The Bertz CT molecular complexity index is 506. The van der Waals surface area contributed by atoms with E-state index in [-0.39, 0.29) is 5.91 Å². The van der Waals surface area contributed by atoms with Crippen LogP contribution in [0.2, 0.25) is 0 Å². The number of rotatable bonds is 5. The van der Waals surface area contributed by atoms with Gasteiger partial charge < -0.3 is 15.2 Å². The van der Waals surface area contributed by atoms with E-state index < -0.39 is 11.5 Å². The van der Waals surface area contributed by atoms with Gasteiger partial charge in [-0.1, -0.05) is 25.0 Å². The van der Waals surface area contributed by atoms with E-state index in [9.17, 15) is 14.7 Å². The molecule has 0 aliphatic heterocycles. The molecule has 0 atom stereocenters. The van der Waals surface area contributed by atoms with Gasteiger partial charge in [-0.25, -0.2) is 4.79 Å². The lowest BCUT2D eigenvalue weighted by Gasteiger charge is -2.25. The Hall–Kier alpha value is -1.88. The molecule has 20 heavy (non-hydrogen) atoms. The van der Waals surface area contributed by atoms with Crippen LogP contribution in [0.15, 0.2) is 24.3 Å². The molecule has 0 radical (unpaired) electrons. The number of benzene rings is 1. The molecule has 1 aromatic carbocycles. The molecule has 0 unspecified atom stereocenters. The van der Waals surface area contributed by atoms with Crippen LogP contribution in [0.25, 0.3) is 0 Å². The molecular weight excluding hydrogens is 258 g/mol. The topological polar surface area (TPSA) is 75.6 Å². The van der Waals surface area contributed by atoms with E-state index >= 15 is 0 Å². The van der Waals surface area contributed by atoms with Crippen LogP contribution in [0.3, 0.4) is 0 Å². The maximum atomic E-state index is 12.3. The minimum atomic E-state index is -1.10. The second kappa shape index (κ2) is 6.05. The van der Waals surface area contributed by atoms with E-state index in [0.717, 1.165) is 18.4 Å². The molecule has 1 aromatic rings. The third-order valence-electron chi connectivity index (χ3n) is 3.72. The first kappa shape index (κ1) is 14.5. The van der Waals surface area contributed by atoms with E-state index in [0.29, 0.717) is 25.0 Å². The van der Waals surface area contributed by atoms with E-state index in [1.807, 2.05) is 6.07 Å². The van der Waals surface area contributed by atoms with E-state index in [1.165, 1.54) is 0 Å². The predicted octanol–water partition coefficient (Wildman–Crippen LogP) is 1.96. The fourth-order valence-electron chi connectivity index (χ4n) is 2.63. The van der Waals surface area contributed by atoms with Gasteiger partial charge in [-0.3, -0.25) is 4.79 Å². The van der Waals surface area contributed by atoms with Crippen molar-refractivity contribution in [2.24, 2.45) is 0 Å². The predicted molar refractivity (Wildman–Crippen MR) is 73.5 cm³/mol. The Kier molecular flexibility index (Phi) is 4.39. The number of methoxy groups -OCH3 is 1. The van der Waals surface area contributed by atoms with Crippen LogP contribution >= 0.6 is 0 Å². The zero-order chi connectivity index (χ0) is 14.6.